The summed E-state index contributed by atoms with van der Waals surface area (Å²) < 4.78 is 5.37. The Bertz CT molecular complexity index is 893. The predicted molar refractivity (Wildman–Crippen MR) is 125 cm³/mol. The highest BCUT2D eigenvalue weighted by molar-refractivity contribution is 5.81. The summed E-state index contributed by atoms with van der Waals surface area (Å²) in [7, 11) is 3.61. The van der Waals surface area contributed by atoms with Crippen LogP contribution in [0.5, 0.6) is 5.75 Å². The van der Waals surface area contributed by atoms with Gasteiger partial charge in [-0.05, 0) is 42.0 Å². The van der Waals surface area contributed by atoms with E-state index in [1.165, 1.54) is 23.2 Å². The van der Waals surface area contributed by atoms with Crippen molar-refractivity contribution in [2.24, 2.45) is 10.9 Å². The fraction of sp³-hybridized carbons (Fsp3) is 0.400. The van der Waals surface area contributed by atoms with Gasteiger partial charge < -0.3 is 19.9 Å². The van der Waals surface area contributed by atoms with Crippen LogP contribution in [0.4, 0.5) is 5.69 Å². The predicted octanol–water partition coefficient (Wildman–Crippen LogP) is 3.89. The molecular formula is C25H32N4O. The van der Waals surface area contributed by atoms with E-state index in [9.17, 15) is 0 Å². The van der Waals surface area contributed by atoms with Crippen LogP contribution in [0.1, 0.15) is 18.4 Å². The summed E-state index contributed by atoms with van der Waals surface area (Å²) in [5, 5.41) is 3.63. The van der Waals surface area contributed by atoms with Crippen molar-refractivity contribution in [2.45, 2.75) is 12.8 Å². The molecular weight excluding hydrogens is 372 g/mol. The molecule has 1 fully saturated rings. The molecule has 2 aliphatic heterocycles. The van der Waals surface area contributed by atoms with Crippen LogP contribution in [0, 0.1) is 5.92 Å². The molecule has 1 unspecified atom stereocenters. The van der Waals surface area contributed by atoms with Crippen LogP contribution in [0.25, 0.3) is 5.57 Å². The number of benzene rings is 2. The zero-order valence-corrected chi connectivity index (χ0v) is 18.1. The number of methoxy groups -OCH3 is 1. The molecule has 0 saturated carbocycles. The first kappa shape index (κ1) is 20.3. The van der Waals surface area contributed by atoms with E-state index in [2.05, 4.69) is 74.7 Å². The molecule has 0 amide bonds. The maximum absolute atomic E-state index is 5.37. The number of nitrogens with one attached hydrogen (secondary N) is 1. The third-order valence-electron chi connectivity index (χ3n) is 6.12. The fourth-order valence-corrected chi connectivity index (χ4v) is 4.38. The third kappa shape index (κ3) is 4.78. The van der Waals surface area contributed by atoms with Gasteiger partial charge >= 0.3 is 0 Å². The molecule has 0 aliphatic carbocycles. The summed E-state index contributed by atoms with van der Waals surface area (Å²) in [6, 6.07) is 19.0. The quantitative estimate of drug-likeness (QED) is 0.606. The lowest BCUT2D eigenvalue weighted by molar-refractivity contribution is 0.415. The van der Waals surface area contributed by atoms with Crippen LogP contribution >= 0.6 is 0 Å². The van der Waals surface area contributed by atoms with E-state index in [0.29, 0.717) is 5.92 Å². The molecule has 5 nitrogen and oxygen atoms in total. The van der Waals surface area contributed by atoms with Crippen molar-refractivity contribution in [3.05, 3.63) is 66.2 Å². The SMILES string of the molecule is CN=C(NCC1CCN(c2cccc(OC)c2)C1)N1CC=C(c2ccccc2)CC1. The van der Waals surface area contributed by atoms with E-state index in [0.717, 1.165) is 50.9 Å². The minimum Gasteiger partial charge on any atom is -0.497 e. The number of guanidine groups is 1. The highest BCUT2D eigenvalue weighted by atomic mass is 16.5. The average Bonchev–Trinajstić information content (AvgIpc) is 3.30. The second-order valence-electron chi connectivity index (χ2n) is 8.02. The summed E-state index contributed by atoms with van der Waals surface area (Å²) in [5.74, 6) is 2.55. The van der Waals surface area contributed by atoms with Crippen LogP contribution in [0.15, 0.2) is 65.7 Å². The lowest BCUT2D eigenvalue weighted by Gasteiger charge is -2.30. The first-order chi connectivity index (χ1) is 14.8. The highest BCUT2D eigenvalue weighted by Crippen LogP contribution is 2.27. The Hall–Kier alpha value is -2.95. The molecule has 1 saturated heterocycles. The Kier molecular flexibility index (Phi) is 6.57. The molecule has 0 bridgehead atoms. The van der Waals surface area contributed by atoms with E-state index in [-0.39, 0.29) is 0 Å². The number of ether oxygens (including phenoxy) is 1. The summed E-state index contributed by atoms with van der Waals surface area (Å²) in [6.07, 6.45) is 4.59. The van der Waals surface area contributed by atoms with Crippen molar-refractivity contribution in [3.63, 3.8) is 0 Å². The van der Waals surface area contributed by atoms with Crippen molar-refractivity contribution >= 4 is 17.2 Å². The summed E-state index contributed by atoms with van der Waals surface area (Å²) in [4.78, 5) is 9.34. The van der Waals surface area contributed by atoms with Crippen LogP contribution < -0.4 is 15.0 Å². The van der Waals surface area contributed by atoms with Gasteiger partial charge in [-0.25, -0.2) is 0 Å². The van der Waals surface area contributed by atoms with Gasteiger partial charge in [-0.15, -0.1) is 0 Å². The standard InChI is InChI=1S/C25H32N4O/c1-26-25(28-15-12-22(13-16-28)21-7-4-3-5-8-21)27-18-20-11-14-29(19-20)23-9-6-10-24(17-23)30-2/h3-10,12,17,20H,11,13-16,18-19H2,1-2H3,(H,26,27). The molecule has 2 aromatic rings. The third-order valence-corrected chi connectivity index (χ3v) is 6.12. The van der Waals surface area contributed by atoms with Gasteiger partial charge in [0.15, 0.2) is 5.96 Å². The maximum Gasteiger partial charge on any atom is 0.193 e. The van der Waals surface area contributed by atoms with Crippen molar-refractivity contribution < 1.29 is 4.74 Å². The van der Waals surface area contributed by atoms with Crippen LogP contribution in [-0.4, -0.2) is 57.7 Å². The molecule has 1 N–H and O–H groups in total. The minimum absolute atomic E-state index is 0.619. The number of aliphatic imine (C=N–C) groups is 1. The number of rotatable bonds is 5. The number of nitrogens with zero attached hydrogens (tertiary/aromatic N) is 3. The second kappa shape index (κ2) is 9.70. The number of anilines is 1. The van der Waals surface area contributed by atoms with Crippen molar-refractivity contribution in [2.75, 3.05) is 51.8 Å². The summed E-state index contributed by atoms with van der Waals surface area (Å²) >= 11 is 0. The zero-order valence-electron chi connectivity index (χ0n) is 18.1. The monoisotopic (exact) mass is 404 g/mol. The Morgan fingerprint density at radius 1 is 1.13 bits per heavy atom. The average molecular weight is 405 g/mol. The number of hydrogen-bond donors (Lipinski definition) is 1. The maximum atomic E-state index is 5.37. The molecule has 4 rings (SSSR count). The summed E-state index contributed by atoms with van der Waals surface area (Å²) in [6.45, 7) is 5.02. The molecule has 2 aliphatic rings. The van der Waals surface area contributed by atoms with Gasteiger partial charge in [0.1, 0.15) is 5.75 Å². The zero-order chi connectivity index (χ0) is 20.8. The molecule has 2 heterocycles. The van der Waals surface area contributed by atoms with Gasteiger partial charge in [0.25, 0.3) is 0 Å². The van der Waals surface area contributed by atoms with Gasteiger partial charge in [0, 0.05) is 51.5 Å². The molecule has 2 aromatic carbocycles. The van der Waals surface area contributed by atoms with Crippen LogP contribution in [-0.2, 0) is 0 Å². The van der Waals surface area contributed by atoms with E-state index in [1.54, 1.807) is 7.11 Å². The van der Waals surface area contributed by atoms with Gasteiger partial charge in [-0.3, -0.25) is 4.99 Å². The molecule has 0 spiro atoms. The minimum atomic E-state index is 0.619. The molecule has 1 atom stereocenters. The van der Waals surface area contributed by atoms with Gasteiger partial charge in [0.2, 0.25) is 0 Å². The molecule has 30 heavy (non-hydrogen) atoms. The van der Waals surface area contributed by atoms with Crippen LogP contribution in [0.2, 0.25) is 0 Å². The topological polar surface area (TPSA) is 40.1 Å². The smallest absolute Gasteiger partial charge is 0.193 e. The number of hydrogen-bond acceptors (Lipinski definition) is 3. The molecule has 0 radical (unpaired) electrons. The van der Waals surface area contributed by atoms with Crippen molar-refractivity contribution in [1.82, 2.24) is 10.2 Å². The van der Waals surface area contributed by atoms with Crippen LogP contribution in [0.3, 0.4) is 0 Å². The van der Waals surface area contributed by atoms with Gasteiger partial charge in [-0.2, -0.15) is 0 Å². The first-order valence-corrected chi connectivity index (χ1v) is 10.9. The van der Waals surface area contributed by atoms with E-state index < -0.39 is 0 Å². The lowest BCUT2D eigenvalue weighted by Crippen LogP contribution is -2.45. The van der Waals surface area contributed by atoms with E-state index in [1.807, 2.05) is 13.1 Å². The Labute approximate surface area is 180 Å². The fourth-order valence-electron chi connectivity index (χ4n) is 4.38. The summed E-state index contributed by atoms with van der Waals surface area (Å²) in [5.41, 5.74) is 4.02. The van der Waals surface area contributed by atoms with E-state index in [4.69, 9.17) is 4.74 Å². The van der Waals surface area contributed by atoms with Crippen molar-refractivity contribution in [1.29, 1.82) is 0 Å². The molecule has 158 valence electrons. The van der Waals surface area contributed by atoms with Crippen molar-refractivity contribution in [3.8, 4) is 5.75 Å². The van der Waals surface area contributed by atoms with Gasteiger partial charge in [0.05, 0.1) is 7.11 Å². The largest absolute Gasteiger partial charge is 0.497 e. The highest BCUT2D eigenvalue weighted by Gasteiger charge is 2.24. The van der Waals surface area contributed by atoms with E-state index >= 15 is 0 Å². The molecule has 0 aromatic heterocycles. The lowest BCUT2D eigenvalue weighted by atomic mass is 10.00. The normalized spacial score (nSPS) is 19.6. The first-order valence-electron chi connectivity index (χ1n) is 10.9. The Morgan fingerprint density at radius 2 is 2.00 bits per heavy atom. The Balaban J connectivity index is 1.29. The second-order valence-corrected chi connectivity index (χ2v) is 8.02. The molecule has 5 heteroatoms. The Morgan fingerprint density at radius 3 is 2.73 bits per heavy atom. The van der Waals surface area contributed by atoms with Gasteiger partial charge in [-0.1, -0.05) is 42.5 Å².